The van der Waals surface area contributed by atoms with Crippen LogP contribution in [0.3, 0.4) is 0 Å². The molecule has 0 bridgehead atoms. The second kappa shape index (κ2) is 5.70. The van der Waals surface area contributed by atoms with Gasteiger partial charge in [-0.3, -0.25) is 0 Å². The van der Waals surface area contributed by atoms with Crippen molar-refractivity contribution in [2.24, 2.45) is 0 Å². The van der Waals surface area contributed by atoms with Crippen molar-refractivity contribution in [2.45, 2.75) is 13.3 Å². The van der Waals surface area contributed by atoms with Crippen LogP contribution in [-0.4, -0.2) is 0 Å². The highest BCUT2D eigenvalue weighted by atomic mass is 79.9. The quantitative estimate of drug-likeness (QED) is 0.897. The first-order valence-corrected chi connectivity index (χ1v) is 6.58. The lowest BCUT2D eigenvalue weighted by Crippen LogP contribution is -1.93. The minimum atomic E-state index is 0.629. The number of anilines is 2. The summed E-state index contributed by atoms with van der Waals surface area (Å²) in [5.74, 6) is 0. The SMILES string of the molecule is CCc1ccc(Nc2ccc(Br)cc2C#N)cc1. The molecule has 0 aliphatic heterocycles. The summed E-state index contributed by atoms with van der Waals surface area (Å²) in [6, 6.07) is 16.1. The van der Waals surface area contributed by atoms with E-state index in [1.54, 1.807) is 0 Å². The molecular weight excluding hydrogens is 288 g/mol. The summed E-state index contributed by atoms with van der Waals surface area (Å²) in [6.45, 7) is 2.13. The summed E-state index contributed by atoms with van der Waals surface area (Å²) < 4.78 is 0.908. The lowest BCUT2D eigenvalue weighted by atomic mass is 10.1. The summed E-state index contributed by atoms with van der Waals surface area (Å²) in [6.07, 6.45) is 1.03. The van der Waals surface area contributed by atoms with Gasteiger partial charge in [0.05, 0.1) is 11.3 Å². The second-order valence-corrected chi connectivity index (χ2v) is 4.89. The van der Waals surface area contributed by atoms with Crippen LogP contribution in [0.5, 0.6) is 0 Å². The van der Waals surface area contributed by atoms with Crippen LogP contribution in [0.25, 0.3) is 0 Å². The Balaban J connectivity index is 2.25. The number of halogens is 1. The van der Waals surface area contributed by atoms with Crippen LogP contribution in [0, 0.1) is 11.3 Å². The van der Waals surface area contributed by atoms with E-state index in [4.69, 9.17) is 5.26 Å². The van der Waals surface area contributed by atoms with Crippen molar-refractivity contribution in [1.29, 1.82) is 5.26 Å². The number of nitrogens with zero attached hydrogens (tertiary/aromatic N) is 1. The molecule has 0 unspecified atom stereocenters. The Labute approximate surface area is 115 Å². The zero-order valence-electron chi connectivity index (χ0n) is 10.1. The average molecular weight is 301 g/mol. The van der Waals surface area contributed by atoms with Crippen LogP contribution < -0.4 is 5.32 Å². The lowest BCUT2D eigenvalue weighted by Gasteiger charge is -2.09. The monoisotopic (exact) mass is 300 g/mol. The summed E-state index contributed by atoms with van der Waals surface area (Å²) in [7, 11) is 0. The average Bonchev–Trinajstić information content (AvgIpc) is 2.41. The summed E-state index contributed by atoms with van der Waals surface area (Å²) in [5.41, 5.74) is 3.75. The number of nitriles is 1. The summed E-state index contributed by atoms with van der Waals surface area (Å²) in [5, 5.41) is 12.4. The van der Waals surface area contributed by atoms with Crippen LogP contribution in [0.15, 0.2) is 46.9 Å². The number of hydrogen-bond acceptors (Lipinski definition) is 2. The minimum absolute atomic E-state index is 0.629. The van der Waals surface area contributed by atoms with E-state index in [0.717, 1.165) is 22.3 Å². The number of benzene rings is 2. The third-order valence-electron chi connectivity index (χ3n) is 2.74. The van der Waals surface area contributed by atoms with Crippen molar-refractivity contribution >= 4 is 27.3 Å². The molecule has 2 nitrogen and oxygen atoms in total. The van der Waals surface area contributed by atoms with Crippen molar-refractivity contribution in [3.05, 3.63) is 58.1 Å². The van der Waals surface area contributed by atoms with E-state index in [-0.39, 0.29) is 0 Å². The van der Waals surface area contributed by atoms with Gasteiger partial charge in [-0.05, 0) is 42.3 Å². The van der Waals surface area contributed by atoms with Crippen molar-refractivity contribution in [3.8, 4) is 6.07 Å². The summed E-state index contributed by atoms with van der Waals surface area (Å²) >= 11 is 3.36. The van der Waals surface area contributed by atoms with Gasteiger partial charge in [0.1, 0.15) is 6.07 Å². The maximum absolute atomic E-state index is 9.09. The van der Waals surface area contributed by atoms with Gasteiger partial charge in [-0.2, -0.15) is 5.26 Å². The van der Waals surface area contributed by atoms with Gasteiger partial charge in [-0.25, -0.2) is 0 Å². The zero-order valence-corrected chi connectivity index (χ0v) is 11.7. The van der Waals surface area contributed by atoms with Gasteiger partial charge in [-0.1, -0.05) is 35.0 Å². The second-order valence-electron chi connectivity index (χ2n) is 3.98. The topological polar surface area (TPSA) is 35.8 Å². The Morgan fingerprint density at radius 3 is 2.50 bits per heavy atom. The minimum Gasteiger partial charge on any atom is -0.354 e. The van der Waals surface area contributed by atoms with E-state index >= 15 is 0 Å². The first kappa shape index (κ1) is 12.7. The van der Waals surface area contributed by atoms with Crippen LogP contribution in [0.2, 0.25) is 0 Å². The molecule has 0 radical (unpaired) electrons. The van der Waals surface area contributed by atoms with Crippen LogP contribution in [-0.2, 0) is 6.42 Å². The third-order valence-corrected chi connectivity index (χ3v) is 3.24. The van der Waals surface area contributed by atoms with Gasteiger partial charge in [-0.15, -0.1) is 0 Å². The van der Waals surface area contributed by atoms with Crippen molar-refractivity contribution in [3.63, 3.8) is 0 Å². The van der Waals surface area contributed by atoms with E-state index in [0.29, 0.717) is 5.56 Å². The van der Waals surface area contributed by atoms with E-state index in [2.05, 4.69) is 46.4 Å². The maximum atomic E-state index is 9.09. The summed E-state index contributed by atoms with van der Waals surface area (Å²) in [4.78, 5) is 0. The van der Waals surface area contributed by atoms with Gasteiger partial charge in [0.15, 0.2) is 0 Å². The Bertz CT molecular complexity index is 582. The molecular formula is C15H13BrN2. The van der Waals surface area contributed by atoms with E-state index in [1.165, 1.54) is 5.56 Å². The number of rotatable bonds is 3. The molecule has 2 rings (SSSR count). The van der Waals surface area contributed by atoms with Crippen molar-refractivity contribution in [2.75, 3.05) is 5.32 Å². The molecule has 0 aliphatic rings. The maximum Gasteiger partial charge on any atom is 0.101 e. The van der Waals surface area contributed by atoms with Crippen molar-refractivity contribution < 1.29 is 0 Å². The largest absolute Gasteiger partial charge is 0.354 e. The smallest absolute Gasteiger partial charge is 0.101 e. The number of aryl methyl sites for hydroxylation is 1. The molecule has 0 spiro atoms. The van der Waals surface area contributed by atoms with Gasteiger partial charge >= 0.3 is 0 Å². The highest BCUT2D eigenvalue weighted by Crippen LogP contribution is 2.24. The molecule has 3 heteroatoms. The molecule has 0 fully saturated rings. The number of nitrogens with one attached hydrogen (secondary N) is 1. The van der Waals surface area contributed by atoms with Gasteiger partial charge in [0.2, 0.25) is 0 Å². The lowest BCUT2D eigenvalue weighted by molar-refractivity contribution is 1.14. The van der Waals surface area contributed by atoms with Gasteiger partial charge in [0, 0.05) is 10.2 Å². The standard InChI is InChI=1S/C15H13BrN2/c1-2-11-3-6-14(7-4-11)18-15-8-5-13(16)9-12(15)10-17/h3-9,18H,2H2,1H3. The molecule has 90 valence electrons. The predicted molar refractivity (Wildman–Crippen MR) is 78.0 cm³/mol. The van der Waals surface area contributed by atoms with E-state index in [9.17, 15) is 0 Å². The van der Waals surface area contributed by atoms with E-state index in [1.807, 2.05) is 30.3 Å². The first-order valence-electron chi connectivity index (χ1n) is 5.78. The normalized spacial score (nSPS) is 9.83. The van der Waals surface area contributed by atoms with Crippen LogP contribution >= 0.6 is 15.9 Å². The van der Waals surface area contributed by atoms with Crippen molar-refractivity contribution in [1.82, 2.24) is 0 Å². The predicted octanol–water partition coefficient (Wildman–Crippen LogP) is 4.63. The molecule has 1 N–H and O–H groups in total. The Kier molecular flexibility index (Phi) is 4.01. The molecule has 18 heavy (non-hydrogen) atoms. The highest BCUT2D eigenvalue weighted by molar-refractivity contribution is 9.10. The molecule has 0 saturated carbocycles. The molecule has 0 aromatic heterocycles. The Morgan fingerprint density at radius 1 is 1.17 bits per heavy atom. The third kappa shape index (κ3) is 2.91. The van der Waals surface area contributed by atoms with Crippen LogP contribution in [0.1, 0.15) is 18.1 Å². The zero-order chi connectivity index (χ0) is 13.0. The molecule has 2 aromatic rings. The molecule has 0 atom stereocenters. The molecule has 2 aromatic carbocycles. The fourth-order valence-corrected chi connectivity index (χ4v) is 2.06. The Morgan fingerprint density at radius 2 is 1.89 bits per heavy atom. The Hall–Kier alpha value is -1.79. The number of hydrogen-bond donors (Lipinski definition) is 1. The van der Waals surface area contributed by atoms with Gasteiger partial charge < -0.3 is 5.32 Å². The van der Waals surface area contributed by atoms with E-state index < -0.39 is 0 Å². The molecule has 0 aliphatic carbocycles. The molecule has 0 amide bonds. The fraction of sp³-hybridized carbons (Fsp3) is 0.133. The first-order chi connectivity index (χ1) is 8.72. The highest BCUT2D eigenvalue weighted by Gasteiger charge is 2.03. The van der Waals surface area contributed by atoms with Gasteiger partial charge in [0.25, 0.3) is 0 Å². The van der Waals surface area contributed by atoms with Crippen LogP contribution in [0.4, 0.5) is 11.4 Å². The fourth-order valence-electron chi connectivity index (χ4n) is 1.70. The molecule has 0 saturated heterocycles. The molecule has 0 heterocycles.